The van der Waals surface area contributed by atoms with E-state index in [-0.39, 0.29) is 35.4 Å². The number of carbonyl (C=O) groups is 2. The molecule has 1 aliphatic heterocycles. The first-order chi connectivity index (χ1) is 16.7. The van der Waals surface area contributed by atoms with Gasteiger partial charge in [0.2, 0.25) is 15.9 Å². The largest absolute Gasteiger partial charge is 0.497 e. The molecule has 3 rings (SSSR count). The minimum atomic E-state index is -3.69. The Morgan fingerprint density at radius 1 is 1.06 bits per heavy atom. The molecule has 0 radical (unpaired) electrons. The molecule has 1 N–H and O–H groups in total. The van der Waals surface area contributed by atoms with E-state index in [1.165, 1.54) is 47.8 Å². The number of piperidine rings is 1. The Hall–Kier alpha value is -2.98. The van der Waals surface area contributed by atoms with Crippen LogP contribution in [0.1, 0.15) is 37.0 Å². The average Bonchev–Trinajstić information content (AvgIpc) is 2.88. The predicted molar refractivity (Wildman–Crippen MR) is 130 cm³/mol. The number of sulfonamides is 1. The van der Waals surface area contributed by atoms with E-state index in [0.29, 0.717) is 31.7 Å². The molecule has 1 aliphatic rings. The number of ether oxygens (including phenoxy) is 1. The molecule has 1 fully saturated rings. The van der Waals surface area contributed by atoms with E-state index in [1.54, 1.807) is 17.0 Å². The fourth-order valence-corrected chi connectivity index (χ4v) is 5.75. The van der Waals surface area contributed by atoms with E-state index in [4.69, 9.17) is 4.74 Å². The first-order valence-electron chi connectivity index (χ1n) is 11.7. The third-order valence-electron chi connectivity index (χ3n) is 6.40. The van der Waals surface area contributed by atoms with Crippen molar-refractivity contribution in [1.82, 2.24) is 14.5 Å². The first kappa shape index (κ1) is 26.6. The molecule has 0 aliphatic carbocycles. The second kappa shape index (κ2) is 11.6. The van der Waals surface area contributed by atoms with Crippen molar-refractivity contribution in [2.75, 3.05) is 33.3 Å². The summed E-state index contributed by atoms with van der Waals surface area (Å²) in [5, 5.41) is 2.83. The van der Waals surface area contributed by atoms with Crippen molar-refractivity contribution in [1.29, 1.82) is 0 Å². The second-order valence-corrected chi connectivity index (χ2v) is 10.3. The Morgan fingerprint density at radius 3 is 2.14 bits per heavy atom. The predicted octanol–water partition coefficient (Wildman–Crippen LogP) is 2.90. The van der Waals surface area contributed by atoms with Crippen molar-refractivity contribution in [3.8, 4) is 5.75 Å². The SMILES string of the molecule is CCN(CC)C(=O)[C@H](NC(=O)c1ccc(F)cc1)C1CCN(S(=O)(=O)c2ccc(OC)cc2)CC1. The van der Waals surface area contributed by atoms with Gasteiger partial charge in [0.25, 0.3) is 5.91 Å². The van der Waals surface area contributed by atoms with E-state index in [2.05, 4.69) is 5.32 Å². The topological polar surface area (TPSA) is 96.0 Å². The molecule has 1 saturated heterocycles. The zero-order chi connectivity index (χ0) is 25.6. The molecule has 0 saturated carbocycles. The van der Waals surface area contributed by atoms with Crippen LogP contribution in [-0.2, 0) is 14.8 Å². The van der Waals surface area contributed by atoms with Gasteiger partial charge in [-0.2, -0.15) is 4.31 Å². The van der Waals surface area contributed by atoms with Crippen LogP contribution in [0.4, 0.5) is 4.39 Å². The van der Waals surface area contributed by atoms with Gasteiger partial charge in [-0.3, -0.25) is 9.59 Å². The molecular formula is C25H32FN3O5S. The van der Waals surface area contributed by atoms with E-state index < -0.39 is 27.8 Å². The third kappa shape index (κ3) is 6.18. The number of nitrogens with zero attached hydrogens (tertiary/aromatic N) is 2. The molecule has 8 nitrogen and oxygen atoms in total. The Balaban J connectivity index is 1.75. The minimum Gasteiger partial charge on any atom is -0.497 e. The van der Waals surface area contributed by atoms with Gasteiger partial charge in [-0.1, -0.05) is 0 Å². The molecule has 10 heteroatoms. The summed E-state index contributed by atoms with van der Waals surface area (Å²) in [6, 6.07) is 10.5. The molecule has 1 heterocycles. The highest BCUT2D eigenvalue weighted by molar-refractivity contribution is 7.89. The van der Waals surface area contributed by atoms with Gasteiger partial charge in [-0.15, -0.1) is 0 Å². The van der Waals surface area contributed by atoms with Gasteiger partial charge in [-0.25, -0.2) is 12.8 Å². The Labute approximate surface area is 206 Å². The summed E-state index contributed by atoms with van der Waals surface area (Å²) in [4.78, 5) is 28.0. The monoisotopic (exact) mass is 505 g/mol. The number of halogens is 1. The summed E-state index contributed by atoms with van der Waals surface area (Å²) in [6.07, 6.45) is 0.827. The van der Waals surface area contributed by atoms with Crippen LogP contribution in [0.15, 0.2) is 53.4 Å². The highest BCUT2D eigenvalue weighted by atomic mass is 32.2. The summed E-state index contributed by atoms with van der Waals surface area (Å²) < 4.78 is 46.0. The van der Waals surface area contributed by atoms with Gasteiger partial charge in [0.05, 0.1) is 12.0 Å². The molecule has 0 unspecified atom stereocenters. The number of hydrogen-bond donors (Lipinski definition) is 1. The summed E-state index contributed by atoms with van der Waals surface area (Å²) in [7, 11) is -2.18. The van der Waals surface area contributed by atoms with E-state index >= 15 is 0 Å². The van der Waals surface area contributed by atoms with Crippen LogP contribution >= 0.6 is 0 Å². The van der Waals surface area contributed by atoms with Gasteiger partial charge >= 0.3 is 0 Å². The third-order valence-corrected chi connectivity index (χ3v) is 8.31. The lowest BCUT2D eigenvalue weighted by molar-refractivity contribution is -0.134. The van der Waals surface area contributed by atoms with E-state index in [9.17, 15) is 22.4 Å². The van der Waals surface area contributed by atoms with Crippen LogP contribution in [-0.4, -0.2) is 68.8 Å². The van der Waals surface area contributed by atoms with E-state index in [1.807, 2.05) is 13.8 Å². The molecule has 0 spiro atoms. The molecular weight excluding hydrogens is 473 g/mol. The van der Waals surface area contributed by atoms with Gasteiger partial charge in [0, 0.05) is 31.7 Å². The van der Waals surface area contributed by atoms with Crippen molar-refractivity contribution in [2.24, 2.45) is 5.92 Å². The van der Waals surface area contributed by atoms with Crippen LogP contribution in [0.5, 0.6) is 5.75 Å². The van der Waals surface area contributed by atoms with Crippen LogP contribution in [0, 0.1) is 11.7 Å². The van der Waals surface area contributed by atoms with Gasteiger partial charge in [0.1, 0.15) is 17.6 Å². The van der Waals surface area contributed by atoms with E-state index in [0.717, 1.165) is 0 Å². The number of likely N-dealkylation sites (N-methyl/N-ethyl adjacent to an activating group) is 1. The smallest absolute Gasteiger partial charge is 0.251 e. The maximum absolute atomic E-state index is 13.3. The summed E-state index contributed by atoms with van der Waals surface area (Å²) in [5.74, 6) is -0.805. The Bertz CT molecular complexity index is 1110. The van der Waals surface area contributed by atoms with Gasteiger partial charge in [-0.05, 0) is 81.1 Å². The highest BCUT2D eigenvalue weighted by Gasteiger charge is 2.37. The average molecular weight is 506 g/mol. The number of amides is 2. The summed E-state index contributed by atoms with van der Waals surface area (Å²) in [5.41, 5.74) is 0.253. The molecule has 0 aromatic heterocycles. The molecule has 2 amide bonds. The second-order valence-electron chi connectivity index (χ2n) is 8.39. The van der Waals surface area contributed by atoms with Crippen molar-refractivity contribution in [2.45, 2.75) is 37.6 Å². The summed E-state index contributed by atoms with van der Waals surface area (Å²) in [6.45, 7) is 5.17. The number of carbonyl (C=O) groups excluding carboxylic acids is 2. The maximum atomic E-state index is 13.3. The molecule has 190 valence electrons. The number of methoxy groups -OCH3 is 1. The number of benzene rings is 2. The van der Waals surface area contributed by atoms with Crippen molar-refractivity contribution in [3.63, 3.8) is 0 Å². The number of hydrogen-bond acceptors (Lipinski definition) is 5. The molecule has 35 heavy (non-hydrogen) atoms. The van der Waals surface area contributed by atoms with Crippen LogP contribution in [0.2, 0.25) is 0 Å². The molecule has 2 aromatic carbocycles. The first-order valence-corrected chi connectivity index (χ1v) is 13.1. The zero-order valence-corrected chi connectivity index (χ0v) is 21.1. The lowest BCUT2D eigenvalue weighted by atomic mass is 9.89. The Kier molecular flexibility index (Phi) is 8.85. The zero-order valence-electron chi connectivity index (χ0n) is 20.2. The van der Waals surface area contributed by atoms with Crippen LogP contribution < -0.4 is 10.1 Å². The van der Waals surface area contributed by atoms with Crippen LogP contribution in [0.25, 0.3) is 0 Å². The van der Waals surface area contributed by atoms with Crippen molar-refractivity contribution < 1.29 is 27.1 Å². The summed E-state index contributed by atoms with van der Waals surface area (Å²) >= 11 is 0. The minimum absolute atomic E-state index is 0.178. The highest BCUT2D eigenvalue weighted by Crippen LogP contribution is 2.28. The molecule has 1 atom stereocenters. The maximum Gasteiger partial charge on any atom is 0.251 e. The van der Waals surface area contributed by atoms with Crippen molar-refractivity contribution in [3.05, 3.63) is 59.9 Å². The Morgan fingerprint density at radius 2 is 1.63 bits per heavy atom. The quantitative estimate of drug-likeness (QED) is 0.565. The molecule has 2 aromatic rings. The number of nitrogens with one attached hydrogen (secondary N) is 1. The van der Waals surface area contributed by atoms with Crippen LogP contribution in [0.3, 0.4) is 0 Å². The number of rotatable bonds is 9. The van der Waals surface area contributed by atoms with Gasteiger partial charge < -0.3 is 15.0 Å². The fourth-order valence-electron chi connectivity index (χ4n) is 4.29. The van der Waals surface area contributed by atoms with Crippen molar-refractivity contribution >= 4 is 21.8 Å². The standard InChI is InChI=1S/C25H32FN3O5S/c1-4-28(5-2)25(31)23(27-24(30)19-6-8-20(26)9-7-19)18-14-16-29(17-15-18)35(32,33)22-12-10-21(34-3)11-13-22/h6-13,18,23H,4-5,14-17H2,1-3H3,(H,27,30)/t23-/m1/s1. The van der Waals surface area contributed by atoms with Gasteiger partial charge in [0.15, 0.2) is 0 Å². The normalized spacial score (nSPS) is 15.9. The lowest BCUT2D eigenvalue weighted by Crippen LogP contribution is -2.54. The fraction of sp³-hybridized carbons (Fsp3) is 0.440. The lowest BCUT2D eigenvalue weighted by Gasteiger charge is -2.37. The molecule has 0 bridgehead atoms.